The Morgan fingerprint density at radius 3 is 2.32 bits per heavy atom. The van der Waals surface area contributed by atoms with Crippen LogP contribution in [-0.2, 0) is 9.59 Å². The molecule has 0 radical (unpaired) electrons. The highest BCUT2D eigenvalue weighted by molar-refractivity contribution is 7.98. The largest absolute Gasteiger partial charge is 0.484 e. The first-order valence-electron chi connectivity index (χ1n) is 7.82. The van der Waals surface area contributed by atoms with Crippen LogP contribution in [0.25, 0.3) is 0 Å². The molecule has 0 heterocycles. The summed E-state index contributed by atoms with van der Waals surface area (Å²) in [5, 5.41) is 11.8. The van der Waals surface area contributed by atoms with Gasteiger partial charge in [0.1, 0.15) is 5.75 Å². The maximum atomic E-state index is 12.1. The van der Waals surface area contributed by atoms with Crippen LogP contribution in [0.5, 0.6) is 5.75 Å². The van der Waals surface area contributed by atoms with Crippen molar-refractivity contribution < 1.29 is 19.4 Å². The summed E-state index contributed by atoms with van der Waals surface area (Å²) in [7, 11) is 0. The van der Waals surface area contributed by atoms with Gasteiger partial charge in [0.2, 0.25) is 0 Å². The molecule has 2 aromatic carbocycles. The lowest BCUT2D eigenvalue weighted by Crippen LogP contribution is -2.33. The lowest BCUT2D eigenvalue weighted by atomic mass is 10.0. The molecule has 2 aromatic rings. The van der Waals surface area contributed by atoms with Crippen LogP contribution in [0, 0.1) is 6.92 Å². The quantitative estimate of drug-likeness (QED) is 0.706. The SMILES string of the molecule is CSc1ccc(C(CC(=O)O)NC(=O)COc2ccc(C)cc2)cc1. The second-order valence-corrected chi connectivity index (χ2v) is 6.47. The van der Waals surface area contributed by atoms with Gasteiger partial charge in [-0.2, -0.15) is 0 Å². The van der Waals surface area contributed by atoms with Crippen molar-refractivity contribution in [1.82, 2.24) is 5.32 Å². The van der Waals surface area contributed by atoms with E-state index in [2.05, 4.69) is 5.32 Å². The van der Waals surface area contributed by atoms with E-state index in [1.165, 1.54) is 0 Å². The van der Waals surface area contributed by atoms with Crippen LogP contribution in [0.15, 0.2) is 53.4 Å². The minimum atomic E-state index is -0.973. The van der Waals surface area contributed by atoms with E-state index in [-0.39, 0.29) is 18.9 Å². The topological polar surface area (TPSA) is 75.6 Å². The molecular formula is C19H21NO4S. The third-order valence-electron chi connectivity index (χ3n) is 3.62. The second kappa shape index (κ2) is 9.13. The molecule has 25 heavy (non-hydrogen) atoms. The van der Waals surface area contributed by atoms with Crippen LogP contribution in [0.1, 0.15) is 23.6 Å². The van der Waals surface area contributed by atoms with Crippen molar-refractivity contribution in [2.45, 2.75) is 24.3 Å². The third kappa shape index (κ3) is 6.15. The maximum absolute atomic E-state index is 12.1. The van der Waals surface area contributed by atoms with Crippen molar-refractivity contribution in [2.75, 3.05) is 12.9 Å². The van der Waals surface area contributed by atoms with E-state index in [9.17, 15) is 9.59 Å². The predicted molar refractivity (Wildman–Crippen MR) is 98.0 cm³/mol. The average Bonchev–Trinajstić information content (AvgIpc) is 2.60. The lowest BCUT2D eigenvalue weighted by molar-refractivity contribution is -0.137. The number of hydrogen-bond donors (Lipinski definition) is 2. The van der Waals surface area contributed by atoms with Gasteiger partial charge in [-0.1, -0.05) is 29.8 Å². The molecule has 0 saturated heterocycles. The Morgan fingerprint density at radius 1 is 1.12 bits per heavy atom. The number of rotatable bonds is 8. The van der Waals surface area contributed by atoms with Gasteiger partial charge in [0.05, 0.1) is 12.5 Å². The molecule has 0 bridgehead atoms. The zero-order valence-electron chi connectivity index (χ0n) is 14.2. The van der Waals surface area contributed by atoms with Gasteiger partial charge in [-0.05, 0) is 43.0 Å². The molecule has 1 atom stereocenters. The van der Waals surface area contributed by atoms with Gasteiger partial charge in [0, 0.05) is 4.90 Å². The van der Waals surface area contributed by atoms with Crippen LogP contribution in [0.3, 0.4) is 0 Å². The van der Waals surface area contributed by atoms with Crippen molar-refractivity contribution >= 4 is 23.6 Å². The van der Waals surface area contributed by atoms with Gasteiger partial charge in [-0.15, -0.1) is 11.8 Å². The molecular weight excluding hydrogens is 338 g/mol. The van der Waals surface area contributed by atoms with Gasteiger partial charge in [-0.25, -0.2) is 0 Å². The summed E-state index contributed by atoms with van der Waals surface area (Å²) >= 11 is 1.60. The van der Waals surface area contributed by atoms with Crippen molar-refractivity contribution in [3.63, 3.8) is 0 Å². The molecule has 0 fully saturated rings. The van der Waals surface area contributed by atoms with E-state index in [1.807, 2.05) is 49.6 Å². The number of carbonyl (C=O) groups excluding carboxylic acids is 1. The van der Waals surface area contributed by atoms with E-state index in [1.54, 1.807) is 23.9 Å². The fourth-order valence-electron chi connectivity index (χ4n) is 2.28. The second-order valence-electron chi connectivity index (χ2n) is 5.59. The summed E-state index contributed by atoms with van der Waals surface area (Å²) in [6, 6.07) is 14.3. The fourth-order valence-corrected chi connectivity index (χ4v) is 2.69. The van der Waals surface area contributed by atoms with Crippen molar-refractivity contribution in [1.29, 1.82) is 0 Å². The van der Waals surface area contributed by atoms with Crippen molar-refractivity contribution in [3.05, 3.63) is 59.7 Å². The summed E-state index contributed by atoms with van der Waals surface area (Å²) in [5.74, 6) is -0.737. The summed E-state index contributed by atoms with van der Waals surface area (Å²) < 4.78 is 5.44. The molecule has 0 aromatic heterocycles. The van der Waals surface area contributed by atoms with Crippen molar-refractivity contribution in [2.24, 2.45) is 0 Å². The summed E-state index contributed by atoms with van der Waals surface area (Å²) in [4.78, 5) is 24.3. The van der Waals surface area contributed by atoms with E-state index < -0.39 is 12.0 Å². The first kappa shape index (κ1) is 18.9. The Bertz CT molecular complexity index is 713. The number of carboxylic acid groups (broad SMARTS) is 1. The van der Waals surface area contributed by atoms with Crippen molar-refractivity contribution in [3.8, 4) is 5.75 Å². The smallest absolute Gasteiger partial charge is 0.305 e. The molecule has 0 aliphatic heterocycles. The minimum absolute atomic E-state index is 0.165. The number of benzene rings is 2. The number of carboxylic acids is 1. The first-order valence-corrected chi connectivity index (χ1v) is 9.05. The molecule has 1 unspecified atom stereocenters. The lowest BCUT2D eigenvalue weighted by Gasteiger charge is -2.18. The normalized spacial score (nSPS) is 11.6. The molecule has 0 saturated carbocycles. The predicted octanol–water partition coefficient (Wildman–Crippen LogP) is 3.43. The third-order valence-corrected chi connectivity index (χ3v) is 4.37. The number of aryl methyl sites for hydroxylation is 1. The monoisotopic (exact) mass is 359 g/mol. The van der Waals surface area contributed by atoms with Gasteiger partial charge in [0.15, 0.2) is 6.61 Å². The molecule has 0 spiro atoms. The molecule has 132 valence electrons. The standard InChI is InChI=1S/C19H21NO4S/c1-13-3-7-15(8-4-13)24-12-18(21)20-17(11-19(22)23)14-5-9-16(25-2)10-6-14/h3-10,17H,11-12H2,1-2H3,(H,20,21)(H,22,23). The Hall–Kier alpha value is -2.47. The highest BCUT2D eigenvalue weighted by atomic mass is 32.2. The molecule has 2 rings (SSSR count). The first-order chi connectivity index (χ1) is 12.0. The highest BCUT2D eigenvalue weighted by Crippen LogP contribution is 2.21. The Kier molecular flexibility index (Phi) is 6.89. The number of ether oxygens (including phenoxy) is 1. The number of aliphatic carboxylic acids is 1. The highest BCUT2D eigenvalue weighted by Gasteiger charge is 2.18. The summed E-state index contributed by atoms with van der Waals surface area (Å²) in [6.45, 7) is 1.80. The van der Waals surface area contributed by atoms with Crippen LogP contribution >= 0.6 is 11.8 Å². The van der Waals surface area contributed by atoms with Gasteiger partial charge in [0.25, 0.3) is 5.91 Å². The Morgan fingerprint density at radius 2 is 1.76 bits per heavy atom. The average molecular weight is 359 g/mol. The van der Waals surface area contributed by atoms with E-state index in [0.717, 1.165) is 16.0 Å². The van der Waals surface area contributed by atoms with E-state index in [0.29, 0.717) is 5.75 Å². The molecule has 0 aliphatic rings. The zero-order chi connectivity index (χ0) is 18.2. The van der Waals surface area contributed by atoms with E-state index in [4.69, 9.17) is 9.84 Å². The summed E-state index contributed by atoms with van der Waals surface area (Å²) in [5.41, 5.74) is 1.86. The van der Waals surface area contributed by atoms with E-state index >= 15 is 0 Å². The maximum Gasteiger partial charge on any atom is 0.305 e. The molecule has 5 nitrogen and oxygen atoms in total. The number of amides is 1. The van der Waals surface area contributed by atoms with Crippen LogP contribution in [0.2, 0.25) is 0 Å². The molecule has 2 N–H and O–H groups in total. The zero-order valence-corrected chi connectivity index (χ0v) is 15.0. The fraction of sp³-hybridized carbons (Fsp3) is 0.263. The number of carbonyl (C=O) groups is 2. The van der Waals surface area contributed by atoms with Crippen LogP contribution < -0.4 is 10.1 Å². The Balaban J connectivity index is 1.98. The molecule has 1 amide bonds. The van der Waals surface area contributed by atoms with Crippen LogP contribution in [0.4, 0.5) is 0 Å². The van der Waals surface area contributed by atoms with Gasteiger partial charge >= 0.3 is 5.97 Å². The number of hydrogen-bond acceptors (Lipinski definition) is 4. The minimum Gasteiger partial charge on any atom is -0.484 e. The van der Waals surface area contributed by atoms with Gasteiger partial charge in [-0.3, -0.25) is 9.59 Å². The van der Waals surface area contributed by atoms with Crippen LogP contribution in [-0.4, -0.2) is 29.8 Å². The molecule has 6 heteroatoms. The Labute approximate surface area is 151 Å². The summed E-state index contributed by atoms with van der Waals surface area (Å²) in [6.07, 6.45) is 1.78. The van der Waals surface area contributed by atoms with Gasteiger partial charge < -0.3 is 15.2 Å². The number of nitrogens with one attached hydrogen (secondary N) is 1. The molecule has 0 aliphatic carbocycles. The number of thioether (sulfide) groups is 1.